The standard InChI is InChI=1S/C18H26N4OSi/c1-14-10-15-11-17(16-6-7-20-21(16)2)22(18(15)19-12-14)13-23-8-9-24(3,4)5/h6-7,10-12H,8-9,13H2,1-5H3. The Labute approximate surface area is 144 Å². The van der Waals surface area contributed by atoms with Gasteiger partial charge in [-0.3, -0.25) is 9.25 Å². The van der Waals surface area contributed by atoms with Crippen LogP contribution in [0.25, 0.3) is 22.4 Å². The van der Waals surface area contributed by atoms with Gasteiger partial charge in [-0.1, -0.05) is 19.6 Å². The average molecular weight is 343 g/mol. The minimum absolute atomic E-state index is 0.518. The monoisotopic (exact) mass is 342 g/mol. The third kappa shape index (κ3) is 3.60. The van der Waals surface area contributed by atoms with Gasteiger partial charge in [0.2, 0.25) is 0 Å². The van der Waals surface area contributed by atoms with Crippen LogP contribution in [0.4, 0.5) is 0 Å². The number of ether oxygens (including phenoxy) is 1. The summed E-state index contributed by atoms with van der Waals surface area (Å²) in [6.07, 6.45) is 3.73. The van der Waals surface area contributed by atoms with Crippen molar-refractivity contribution in [2.24, 2.45) is 7.05 Å². The fourth-order valence-corrected chi connectivity index (χ4v) is 3.51. The lowest BCUT2D eigenvalue weighted by Gasteiger charge is -2.16. The molecular weight excluding hydrogens is 316 g/mol. The molecule has 0 aliphatic rings. The number of pyridine rings is 1. The first-order valence-electron chi connectivity index (χ1n) is 8.37. The quantitative estimate of drug-likeness (QED) is 0.501. The van der Waals surface area contributed by atoms with Crippen molar-refractivity contribution >= 4 is 19.1 Å². The summed E-state index contributed by atoms with van der Waals surface area (Å²) < 4.78 is 10.0. The fourth-order valence-electron chi connectivity index (χ4n) is 2.76. The van der Waals surface area contributed by atoms with E-state index in [1.807, 2.05) is 30.2 Å². The van der Waals surface area contributed by atoms with Crippen molar-refractivity contribution < 1.29 is 4.74 Å². The van der Waals surface area contributed by atoms with Crippen LogP contribution in [0.3, 0.4) is 0 Å². The first-order chi connectivity index (χ1) is 11.3. The SMILES string of the molecule is Cc1cnc2c(c1)cc(-c1ccnn1C)n2COCC[Si](C)(C)C. The predicted octanol–water partition coefficient (Wildman–Crippen LogP) is 4.06. The summed E-state index contributed by atoms with van der Waals surface area (Å²) in [6, 6.07) is 7.54. The van der Waals surface area contributed by atoms with Crippen molar-refractivity contribution in [3.8, 4) is 11.4 Å². The van der Waals surface area contributed by atoms with Crippen molar-refractivity contribution in [3.63, 3.8) is 0 Å². The van der Waals surface area contributed by atoms with E-state index in [9.17, 15) is 0 Å². The van der Waals surface area contributed by atoms with Crippen LogP contribution in [0.5, 0.6) is 0 Å². The Morgan fingerprint density at radius 3 is 2.62 bits per heavy atom. The molecule has 5 nitrogen and oxygen atoms in total. The fraction of sp³-hybridized carbons (Fsp3) is 0.444. The van der Waals surface area contributed by atoms with Gasteiger partial charge in [0.15, 0.2) is 0 Å². The lowest BCUT2D eigenvalue weighted by Crippen LogP contribution is -2.22. The Kier molecular flexibility index (Phi) is 4.60. The minimum Gasteiger partial charge on any atom is -0.361 e. The second-order valence-corrected chi connectivity index (χ2v) is 13.2. The summed E-state index contributed by atoms with van der Waals surface area (Å²) in [5.41, 5.74) is 4.29. The Morgan fingerprint density at radius 1 is 1.17 bits per heavy atom. The summed E-state index contributed by atoms with van der Waals surface area (Å²) in [5, 5.41) is 5.44. The van der Waals surface area contributed by atoms with E-state index in [-0.39, 0.29) is 0 Å². The van der Waals surface area contributed by atoms with Crippen LogP contribution < -0.4 is 0 Å². The Balaban J connectivity index is 1.93. The second kappa shape index (κ2) is 6.53. The number of rotatable bonds is 6. The van der Waals surface area contributed by atoms with E-state index in [1.165, 1.54) is 6.04 Å². The van der Waals surface area contributed by atoms with Gasteiger partial charge < -0.3 is 4.74 Å². The molecule has 0 aliphatic carbocycles. The van der Waals surface area contributed by atoms with Crippen molar-refractivity contribution in [2.75, 3.05) is 6.61 Å². The molecule has 0 saturated carbocycles. The van der Waals surface area contributed by atoms with Gasteiger partial charge in [-0.25, -0.2) is 4.98 Å². The van der Waals surface area contributed by atoms with Gasteiger partial charge in [-0.15, -0.1) is 0 Å². The number of aromatic nitrogens is 4. The molecule has 0 spiro atoms. The molecule has 3 rings (SSSR count). The first kappa shape index (κ1) is 16.9. The molecule has 0 bridgehead atoms. The Bertz CT molecular complexity index is 844. The highest BCUT2D eigenvalue weighted by molar-refractivity contribution is 6.76. The van der Waals surface area contributed by atoms with Crippen molar-refractivity contribution in [1.29, 1.82) is 0 Å². The van der Waals surface area contributed by atoms with E-state index in [0.29, 0.717) is 6.73 Å². The van der Waals surface area contributed by atoms with Crippen molar-refractivity contribution in [3.05, 3.63) is 36.2 Å². The summed E-state index contributed by atoms with van der Waals surface area (Å²) in [4.78, 5) is 4.63. The van der Waals surface area contributed by atoms with Gasteiger partial charge in [0.05, 0.1) is 11.4 Å². The van der Waals surface area contributed by atoms with Crippen LogP contribution >= 0.6 is 0 Å². The first-order valence-corrected chi connectivity index (χ1v) is 12.1. The van der Waals surface area contributed by atoms with Crippen LogP contribution in [0, 0.1) is 6.92 Å². The lowest BCUT2D eigenvalue weighted by molar-refractivity contribution is 0.0908. The Morgan fingerprint density at radius 2 is 1.96 bits per heavy atom. The molecule has 24 heavy (non-hydrogen) atoms. The van der Waals surface area contributed by atoms with Gasteiger partial charge in [0.1, 0.15) is 12.4 Å². The molecule has 0 N–H and O–H groups in total. The van der Waals surface area contributed by atoms with E-state index >= 15 is 0 Å². The third-order valence-electron chi connectivity index (χ3n) is 4.17. The number of aryl methyl sites for hydroxylation is 2. The van der Waals surface area contributed by atoms with Crippen LogP contribution in [0.2, 0.25) is 25.7 Å². The molecular formula is C18H26N4OSi. The lowest BCUT2D eigenvalue weighted by atomic mass is 10.2. The molecule has 0 atom stereocenters. The van der Waals surface area contributed by atoms with Crippen molar-refractivity contribution in [1.82, 2.24) is 19.3 Å². The smallest absolute Gasteiger partial charge is 0.142 e. The summed E-state index contributed by atoms with van der Waals surface area (Å²) in [5.74, 6) is 0. The maximum Gasteiger partial charge on any atom is 0.142 e. The van der Waals surface area contributed by atoms with Gasteiger partial charge in [0, 0.05) is 39.5 Å². The number of fused-ring (bicyclic) bond motifs is 1. The highest BCUT2D eigenvalue weighted by Gasteiger charge is 2.16. The maximum atomic E-state index is 6.00. The molecule has 0 radical (unpaired) electrons. The Hall–Kier alpha value is -1.92. The molecule has 0 amide bonds. The largest absolute Gasteiger partial charge is 0.361 e. The van der Waals surface area contributed by atoms with E-state index in [4.69, 9.17) is 4.74 Å². The van der Waals surface area contributed by atoms with Crippen LogP contribution in [0.1, 0.15) is 5.56 Å². The topological polar surface area (TPSA) is 44.9 Å². The van der Waals surface area contributed by atoms with Crippen LogP contribution in [0.15, 0.2) is 30.6 Å². The zero-order chi connectivity index (χ0) is 17.3. The van der Waals surface area contributed by atoms with E-state index < -0.39 is 8.07 Å². The number of hydrogen-bond acceptors (Lipinski definition) is 3. The van der Waals surface area contributed by atoms with E-state index in [2.05, 4.69) is 53.3 Å². The predicted molar refractivity (Wildman–Crippen MR) is 101 cm³/mol. The van der Waals surface area contributed by atoms with Crippen LogP contribution in [-0.2, 0) is 18.5 Å². The van der Waals surface area contributed by atoms with E-state index in [0.717, 1.165) is 34.6 Å². The maximum absolute atomic E-state index is 6.00. The summed E-state index contributed by atoms with van der Waals surface area (Å²) in [7, 11) is 0.880. The number of hydrogen-bond donors (Lipinski definition) is 0. The molecule has 0 unspecified atom stereocenters. The molecule has 0 saturated heterocycles. The van der Waals surface area contributed by atoms with Gasteiger partial charge >= 0.3 is 0 Å². The number of nitrogens with zero attached hydrogens (tertiary/aromatic N) is 4. The molecule has 128 valence electrons. The normalized spacial score (nSPS) is 12.2. The molecule has 0 fully saturated rings. The molecule has 3 heterocycles. The molecule has 0 aromatic carbocycles. The second-order valence-electron chi connectivity index (χ2n) is 7.57. The zero-order valence-corrected chi connectivity index (χ0v) is 16.2. The zero-order valence-electron chi connectivity index (χ0n) is 15.2. The average Bonchev–Trinajstić information content (AvgIpc) is 3.05. The molecule has 3 aromatic rings. The minimum atomic E-state index is -1.08. The molecule has 6 heteroatoms. The van der Waals surface area contributed by atoms with Crippen molar-refractivity contribution in [2.45, 2.75) is 39.3 Å². The summed E-state index contributed by atoms with van der Waals surface area (Å²) in [6.45, 7) is 10.5. The van der Waals surface area contributed by atoms with Gasteiger partial charge in [-0.2, -0.15) is 5.10 Å². The third-order valence-corrected chi connectivity index (χ3v) is 5.87. The van der Waals surface area contributed by atoms with E-state index in [1.54, 1.807) is 0 Å². The molecule has 0 aliphatic heterocycles. The van der Waals surface area contributed by atoms with Gasteiger partial charge in [-0.05, 0) is 36.7 Å². The van der Waals surface area contributed by atoms with Gasteiger partial charge in [0.25, 0.3) is 0 Å². The highest BCUT2D eigenvalue weighted by Crippen LogP contribution is 2.27. The molecule has 3 aromatic heterocycles. The van der Waals surface area contributed by atoms with Crippen LogP contribution in [-0.4, -0.2) is 34.0 Å². The highest BCUT2D eigenvalue weighted by atomic mass is 28.3. The summed E-state index contributed by atoms with van der Waals surface area (Å²) >= 11 is 0.